The Morgan fingerprint density at radius 3 is 1.77 bits per heavy atom. The molecule has 0 atom stereocenters. The van der Waals surface area contributed by atoms with Crippen molar-refractivity contribution in [3.8, 4) is 0 Å². The second-order valence-electron chi connectivity index (χ2n) is 5.65. The van der Waals surface area contributed by atoms with Gasteiger partial charge in [0.2, 0.25) is 0 Å². The van der Waals surface area contributed by atoms with Crippen LogP contribution in [0.4, 0.5) is 0 Å². The Bertz CT molecular complexity index is 1010. The first-order valence-electron chi connectivity index (χ1n) is 7.22. The summed E-state index contributed by atoms with van der Waals surface area (Å²) in [6.45, 7) is 0. The topological polar surface area (TPSA) is 202 Å². The molecule has 2 rings (SSSR count). The molecule has 0 aliphatic heterocycles. The summed E-state index contributed by atoms with van der Waals surface area (Å²) in [7, 11) is 4.77. The van der Waals surface area contributed by atoms with Crippen LogP contribution in [0.1, 0.15) is 12.8 Å². The van der Waals surface area contributed by atoms with Crippen molar-refractivity contribution in [1.29, 1.82) is 0 Å². The monoisotopic (exact) mass is 452 g/mol. The molecule has 30 heavy (non-hydrogen) atoms. The quantitative estimate of drug-likeness (QED) is 0.424. The number of hydrogen-bond donors (Lipinski definition) is 1. The van der Waals surface area contributed by atoms with E-state index in [9.17, 15) is 39.3 Å². The third-order valence-electron chi connectivity index (χ3n) is 3.57. The molecule has 0 aliphatic carbocycles. The fraction of sp³-hybridized carbons (Fsp3) is 0.429. The van der Waals surface area contributed by atoms with Gasteiger partial charge in [0.25, 0.3) is 5.56 Å². The molecule has 2 heterocycles. The second-order valence-corrected chi connectivity index (χ2v) is 5.65. The third kappa shape index (κ3) is 8.22. The van der Waals surface area contributed by atoms with Gasteiger partial charge in [-0.05, 0) is 0 Å². The van der Waals surface area contributed by atoms with Crippen molar-refractivity contribution < 1.29 is 123 Å². The number of carbonyl (C=O) groups excluding carboxylic acids is 3. The molecule has 0 spiro atoms. The van der Waals surface area contributed by atoms with Crippen LogP contribution in [0, 0.1) is 0 Å². The van der Waals surface area contributed by atoms with Crippen molar-refractivity contribution in [1.82, 2.24) is 18.7 Å². The number of hydrogen-bond acceptors (Lipinski definition) is 10. The average molecular weight is 452 g/mol. The van der Waals surface area contributed by atoms with E-state index >= 15 is 0 Å². The molecule has 2 aromatic rings. The van der Waals surface area contributed by atoms with Crippen molar-refractivity contribution >= 4 is 29.1 Å². The number of carboxylic acid groups (broad SMARTS) is 3. The SMILES string of the molecule is Cn1c(=O)c2c(ncn2C)n(C)c1=O.O=C([O-])CC(O)(CC(=O)[O-])C(=O)[O-].[Na+].[Na+].[Na+]. The van der Waals surface area contributed by atoms with Crippen molar-refractivity contribution in [2.45, 2.75) is 18.4 Å². The van der Waals surface area contributed by atoms with Gasteiger partial charge < -0.3 is 39.4 Å². The molecule has 0 saturated carbocycles. The van der Waals surface area contributed by atoms with E-state index in [2.05, 4.69) is 4.98 Å². The number of fused-ring (bicyclic) bond motifs is 1. The zero-order chi connectivity index (χ0) is 21.1. The second kappa shape index (κ2) is 13.8. The molecule has 0 fully saturated rings. The van der Waals surface area contributed by atoms with Gasteiger partial charge >= 0.3 is 94.4 Å². The number of rotatable bonds is 5. The minimum absolute atomic E-state index is 0. The molecule has 1 N–H and O–H groups in total. The van der Waals surface area contributed by atoms with Crippen LogP contribution in [0.3, 0.4) is 0 Å². The van der Waals surface area contributed by atoms with E-state index in [1.165, 1.54) is 17.9 Å². The van der Waals surface area contributed by atoms with Gasteiger partial charge in [-0.15, -0.1) is 0 Å². The van der Waals surface area contributed by atoms with E-state index < -0.39 is 36.4 Å². The fourth-order valence-corrected chi connectivity index (χ4v) is 2.16. The molecule has 16 heteroatoms. The molecule has 0 radical (unpaired) electrons. The van der Waals surface area contributed by atoms with Gasteiger partial charge in [-0.2, -0.15) is 0 Å². The third-order valence-corrected chi connectivity index (χ3v) is 3.57. The number of aryl methyl sites for hydroxylation is 2. The van der Waals surface area contributed by atoms with Crippen LogP contribution < -0.4 is 115 Å². The number of aromatic nitrogens is 4. The maximum absolute atomic E-state index is 11.7. The maximum Gasteiger partial charge on any atom is 1.00 e. The Morgan fingerprint density at radius 2 is 1.40 bits per heavy atom. The Labute approximate surface area is 235 Å². The first-order chi connectivity index (χ1) is 12.3. The van der Waals surface area contributed by atoms with Crippen LogP contribution in [0.5, 0.6) is 0 Å². The summed E-state index contributed by atoms with van der Waals surface area (Å²) in [6, 6.07) is 0. The standard InChI is InChI=1S/C8H10N4O2.C6H8O7.3Na/c1-10-4-9-6-5(10)7(13)12(3)8(14)11(6)2;7-3(8)1-6(13,5(11)12)2-4(9)10;;;/h4H,1-3H3;13H,1-2H2,(H,7,8)(H,9,10)(H,11,12);;;/q;;3*+1/p-3. The zero-order valence-corrected chi connectivity index (χ0v) is 23.5. The van der Waals surface area contributed by atoms with E-state index in [0.29, 0.717) is 11.2 Å². The van der Waals surface area contributed by atoms with Gasteiger partial charge in [0.15, 0.2) is 11.2 Å². The molecule has 0 aliphatic rings. The molecular formula is C14H15N4Na3O9. The van der Waals surface area contributed by atoms with Crippen LogP contribution >= 0.6 is 0 Å². The molecule has 0 bridgehead atoms. The predicted molar refractivity (Wildman–Crippen MR) is 80.4 cm³/mol. The molecule has 0 saturated heterocycles. The molecule has 13 nitrogen and oxygen atoms in total. The number of carboxylic acids is 3. The Balaban J connectivity index is -0.000000444. The van der Waals surface area contributed by atoms with Crippen LogP contribution in [0.25, 0.3) is 11.2 Å². The largest absolute Gasteiger partial charge is 1.00 e. The zero-order valence-electron chi connectivity index (χ0n) is 17.5. The summed E-state index contributed by atoms with van der Waals surface area (Å²) in [4.78, 5) is 57.2. The molecule has 0 unspecified atom stereocenters. The predicted octanol–water partition coefficient (Wildman–Crippen LogP) is -15.3. The van der Waals surface area contributed by atoms with Crippen LogP contribution in [-0.4, -0.2) is 47.3 Å². The summed E-state index contributed by atoms with van der Waals surface area (Å²) in [6.07, 6.45) is -1.20. The maximum atomic E-state index is 11.7. The number of aliphatic carboxylic acids is 3. The van der Waals surface area contributed by atoms with E-state index in [0.717, 1.165) is 4.57 Å². The minimum Gasteiger partial charge on any atom is -0.550 e. The van der Waals surface area contributed by atoms with E-state index in [1.54, 1.807) is 18.7 Å². The fourth-order valence-electron chi connectivity index (χ4n) is 2.16. The summed E-state index contributed by atoms with van der Waals surface area (Å²) in [5.41, 5.74) is -2.79. The summed E-state index contributed by atoms with van der Waals surface area (Å²) in [5.74, 6) is -5.98. The van der Waals surface area contributed by atoms with Gasteiger partial charge in [0, 0.05) is 45.9 Å². The average Bonchev–Trinajstić information content (AvgIpc) is 2.91. The first-order valence-corrected chi connectivity index (χ1v) is 7.22. The van der Waals surface area contributed by atoms with E-state index in [4.69, 9.17) is 5.11 Å². The van der Waals surface area contributed by atoms with Gasteiger partial charge in [0.05, 0.1) is 12.3 Å². The Kier molecular flexibility index (Phi) is 15.7. The van der Waals surface area contributed by atoms with Crippen LogP contribution in [0.15, 0.2) is 15.9 Å². The number of nitrogens with zero attached hydrogens (tertiary/aromatic N) is 4. The molecule has 148 valence electrons. The number of carbonyl (C=O) groups is 3. The van der Waals surface area contributed by atoms with Crippen molar-refractivity contribution in [3.05, 3.63) is 27.2 Å². The molecule has 0 aromatic carbocycles. The summed E-state index contributed by atoms with van der Waals surface area (Å²) >= 11 is 0. The van der Waals surface area contributed by atoms with Crippen molar-refractivity contribution in [2.24, 2.45) is 21.1 Å². The van der Waals surface area contributed by atoms with Gasteiger partial charge in [-0.25, -0.2) is 9.78 Å². The minimum atomic E-state index is -2.97. The number of aliphatic hydroxyl groups is 1. The molecule has 2 aromatic heterocycles. The first kappa shape index (κ1) is 34.1. The van der Waals surface area contributed by atoms with E-state index in [-0.39, 0.29) is 99.9 Å². The van der Waals surface area contributed by atoms with Crippen LogP contribution in [-0.2, 0) is 35.5 Å². The van der Waals surface area contributed by atoms with E-state index in [1.807, 2.05) is 0 Å². The molecular weight excluding hydrogens is 437 g/mol. The van der Waals surface area contributed by atoms with Gasteiger partial charge in [-0.1, -0.05) is 0 Å². The van der Waals surface area contributed by atoms with Crippen LogP contribution in [0.2, 0.25) is 0 Å². The molecule has 0 amide bonds. The van der Waals surface area contributed by atoms with Gasteiger partial charge in [0.1, 0.15) is 5.60 Å². The summed E-state index contributed by atoms with van der Waals surface area (Å²) in [5, 5.41) is 38.9. The number of imidazole rings is 1. The normalized spacial score (nSPS) is 9.87. The Hall–Kier alpha value is -0.480. The Morgan fingerprint density at radius 1 is 0.967 bits per heavy atom. The smallest absolute Gasteiger partial charge is 0.550 e. The van der Waals surface area contributed by atoms with Crippen molar-refractivity contribution in [3.63, 3.8) is 0 Å². The van der Waals surface area contributed by atoms with Gasteiger partial charge in [-0.3, -0.25) is 13.9 Å². The summed E-state index contributed by atoms with van der Waals surface area (Å²) < 4.78 is 4.04. The van der Waals surface area contributed by atoms with Crippen molar-refractivity contribution in [2.75, 3.05) is 0 Å².